The first-order chi connectivity index (χ1) is 9.79. The molecule has 0 fully saturated rings. The highest BCUT2D eigenvalue weighted by atomic mass is 15.1. The van der Waals surface area contributed by atoms with Crippen LogP contribution in [0, 0.1) is 11.8 Å². The van der Waals surface area contributed by atoms with Crippen molar-refractivity contribution in [2.45, 2.75) is 13.1 Å². The van der Waals surface area contributed by atoms with Gasteiger partial charge in [0.25, 0.3) is 0 Å². The Kier molecular flexibility index (Phi) is 5.31. The van der Waals surface area contributed by atoms with Crippen molar-refractivity contribution in [2.24, 2.45) is 5.73 Å². The number of hydrogen-bond acceptors (Lipinski definition) is 3. The third-order valence-electron chi connectivity index (χ3n) is 2.94. The molecule has 0 saturated heterocycles. The van der Waals surface area contributed by atoms with Crippen molar-refractivity contribution in [3.63, 3.8) is 0 Å². The molecule has 1 aromatic heterocycles. The van der Waals surface area contributed by atoms with Gasteiger partial charge in [-0.3, -0.25) is 9.88 Å². The van der Waals surface area contributed by atoms with Crippen LogP contribution < -0.4 is 5.73 Å². The second-order valence-corrected chi connectivity index (χ2v) is 4.66. The first-order valence-electron chi connectivity index (χ1n) is 6.65. The number of nitrogens with two attached hydrogens (primary N) is 1. The molecular weight excluding hydrogens is 246 g/mol. The van der Waals surface area contributed by atoms with E-state index in [-0.39, 0.29) is 0 Å². The third kappa shape index (κ3) is 4.20. The SMILES string of the molecule is CN(Cc1ccccn1)Cc1ccccc1C#CCN. The van der Waals surface area contributed by atoms with E-state index >= 15 is 0 Å². The lowest BCUT2D eigenvalue weighted by Crippen LogP contribution is -2.18. The van der Waals surface area contributed by atoms with Gasteiger partial charge >= 0.3 is 0 Å². The molecule has 0 aliphatic rings. The van der Waals surface area contributed by atoms with Crippen LogP contribution in [-0.2, 0) is 13.1 Å². The van der Waals surface area contributed by atoms with Crippen LogP contribution in [0.25, 0.3) is 0 Å². The second-order valence-electron chi connectivity index (χ2n) is 4.66. The third-order valence-corrected chi connectivity index (χ3v) is 2.94. The molecule has 1 aromatic carbocycles. The van der Waals surface area contributed by atoms with Crippen LogP contribution in [0.5, 0.6) is 0 Å². The standard InChI is InChI=1S/C17H19N3/c1-20(14-17-10-4-5-12-19-17)13-16-8-3-2-7-15(16)9-6-11-18/h2-5,7-8,10,12H,11,13-14,18H2,1H3. The summed E-state index contributed by atoms with van der Waals surface area (Å²) in [5.41, 5.74) is 8.77. The molecule has 0 spiro atoms. The van der Waals surface area contributed by atoms with Gasteiger partial charge in [-0.2, -0.15) is 0 Å². The zero-order chi connectivity index (χ0) is 14.2. The molecule has 0 bridgehead atoms. The molecule has 1 heterocycles. The number of nitrogens with zero attached hydrogens (tertiary/aromatic N) is 2. The van der Waals surface area contributed by atoms with Crippen LogP contribution in [0.3, 0.4) is 0 Å². The van der Waals surface area contributed by atoms with Crippen LogP contribution in [0.1, 0.15) is 16.8 Å². The Balaban J connectivity index is 2.06. The highest BCUT2D eigenvalue weighted by Crippen LogP contribution is 2.11. The van der Waals surface area contributed by atoms with Gasteiger partial charge in [-0.05, 0) is 30.8 Å². The summed E-state index contributed by atoms with van der Waals surface area (Å²) in [5, 5.41) is 0. The number of hydrogen-bond donors (Lipinski definition) is 1. The van der Waals surface area contributed by atoms with Crippen molar-refractivity contribution in [3.05, 3.63) is 65.5 Å². The summed E-state index contributed by atoms with van der Waals surface area (Å²) in [6.07, 6.45) is 1.82. The highest BCUT2D eigenvalue weighted by Gasteiger charge is 2.05. The number of pyridine rings is 1. The molecule has 0 amide bonds. The minimum atomic E-state index is 0.387. The number of aromatic nitrogens is 1. The van der Waals surface area contributed by atoms with E-state index in [0.717, 1.165) is 24.3 Å². The molecule has 3 heteroatoms. The molecule has 20 heavy (non-hydrogen) atoms. The molecule has 2 rings (SSSR count). The zero-order valence-electron chi connectivity index (χ0n) is 11.7. The highest BCUT2D eigenvalue weighted by molar-refractivity contribution is 5.41. The lowest BCUT2D eigenvalue weighted by atomic mass is 10.1. The van der Waals surface area contributed by atoms with Crippen LogP contribution in [0.15, 0.2) is 48.7 Å². The van der Waals surface area contributed by atoms with Gasteiger partial charge in [-0.25, -0.2) is 0 Å². The van der Waals surface area contributed by atoms with Crippen LogP contribution >= 0.6 is 0 Å². The first kappa shape index (κ1) is 14.3. The smallest absolute Gasteiger partial charge is 0.0555 e. The van der Waals surface area contributed by atoms with Gasteiger partial charge in [0.1, 0.15) is 0 Å². The topological polar surface area (TPSA) is 42.2 Å². The minimum Gasteiger partial charge on any atom is -0.320 e. The first-order valence-corrected chi connectivity index (χ1v) is 6.65. The fourth-order valence-electron chi connectivity index (χ4n) is 2.04. The van der Waals surface area contributed by atoms with Gasteiger partial charge in [-0.1, -0.05) is 36.1 Å². The van der Waals surface area contributed by atoms with E-state index in [9.17, 15) is 0 Å². The Labute approximate surface area is 120 Å². The number of benzene rings is 1. The van der Waals surface area contributed by atoms with Crippen molar-refractivity contribution in [1.82, 2.24) is 9.88 Å². The van der Waals surface area contributed by atoms with E-state index in [0.29, 0.717) is 6.54 Å². The Morgan fingerprint density at radius 3 is 2.65 bits per heavy atom. The fourth-order valence-corrected chi connectivity index (χ4v) is 2.04. The molecule has 0 atom stereocenters. The van der Waals surface area contributed by atoms with E-state index in [1.807, 2.05) is 42.6 Å². The zero-order valence-corrected chi connectivity index (χ0v) is 11.7. The lowest BCUT2D eigenvalue weighted by Gasteiger charge is -2.17. The molecule has 2 N–H and O–H groups in total. The van der Waals surface area contributed by atoms with Crippen LogP contribution in [0.4, 0.5) is 0 Å². The quantitative estimate of drug-likeness (QED) is 0.860. The van der Waals surface area contributed by atoms with Gasteiger partial charge in [0.05, 0.1) is 12.2 Å². The van der Waals surface area contributed by atoms with Crippen LogP contribution in [0.2, 0.25) is 0 Å². The number of rotatable bonds is 4. The normalized spacial score (nSPS) is 10.2. The van der Waals surface area contributed by atoms with E-state index in [4.69, 9.17) is 5.73 Å². The molecule has 0 unspecified atom stereocenters. The van der Waals surface area contributed by atoms with Gasteiger partial charge in [0, 0.05) is 24.8 Å². The summed E-state index contributed by atoms with van der Waals surface area (Å²) in [5.74, 6) is 6.04. The van der Waals surface area contributed by atoms with Crippen molar-refractivity contribution >= 4 is 0 Å². The minimum absolute atomic E-state index is 0.387. The molecule has 0 saturated carbocycles. The molecular formula is C17H19N3. The van der Waals surface area contributed by atoms with Gasteiger partial charge in [-0.15, -0.1) is 0 Å². The average molecular weight is 265 g/mol. The monoisotopic (exact) mass is 265 g/mol. The maximum absolute atomic E-state index is 5.44. The van der Waals surface area contributed by atoms with E-state index in [1.54, 1.807) is 0 Å². The van der Waals surface area contributed by atoms with E-state index in [2.05, 4.69) is 34.8 Å². The predicted octanol–water partition coefficient (Wildman–Crippen LogP) is 2.02. The van der Waals surface area contributed by atoms with Gasteiger partial charge < -0.3 is 5.73 Å². The van der Waals surface area contributed by atoms with E-state index in [1.165, 1.54) is 5.56 Å². The summed E-state index contributed by atoms with van der Waals surface area (Å²) in [6, 6.07) is 14.2. The molecule has 0 aliphatic carbocycles. The summed E-state index contributed by atoms with van der Waals surface area (Å²) < 4.78 is 0. The summed E-state index contributed by atoms with van der Waals surface area (Å²) >= 11 is 0. The van der Waals surface area contributed by atoms with Crippen molar-refractivity contribution < 1.29 is 0 Å². The lowest BCUT2D eigenvalue weighted by molar-refractivity contribution is 0.315. The molecule has 3 nitrogen and oxygen atoms in total. The van der Waals surface area contributed by atoms with Crippen molar-refractivity contribution in [2.75, 3.05) is 13.6 Å². The van der Waals surface area contributed by atoms with Gasteiger partial charge in [0.2, 0.25) is 0 Å². The van der Waals surface area contributed by atoms with Crippen molar-refractivity contribution in [1.29, 1.82) is 0 Å². The maximum atomic E-state index is 5.44. The molecule has 0 radical (unpaired) electrons. The Morgan fingerprint density at radius 1 is 1.10 bits per heavy atom. The molecule has 2 aromatic rings. The van der Waals surface area contributed by atoms with E-state index < -0.39 is 0 Å². The Morgan fingerprint density at radius 2 is 1.90 bits per heavy atom. The largest absolute Gasteiger partial charge is 0.320 e. The predicted molar refractivity (Wildman–Crippen MR) is 81.8 cm³/mol. The Bertz CT molecular complexity index is 596. The van der Waals surface area contributed by atoms with Crippen molar-refractivity contribution in [3.8, 4) is 11.8 Å². The molecule has 0 aliphatic heterocycles. The summed E-state index contributed by atoms with van der Waals surface area (Å²) in [6.45, 7) is 2.05. The second kappa shape index (κ2) is 7.44. The average Bonchev–Trinajstić information content (AvgIpc) is 2.47. The maximum Gasteiger partial charge on any atom is 0.0555 e. The van der Waals surface area contributed by atoms with Gasteiger partial charge in [0.15, 0.2) is 0 Å². The molecule has 102 valence electrons. The summed E-state index contributed by atoms with van der Waals surface area (Å²) in [7, 11) is 2.09. The Hall–Kier alpha value is -2.15. The summed E-state index contributed by atoms with van der Waals surface area (Å²) in [4.78, 5) is 6.57. The fraction of sp³-hybridized carbons (Fsp3) is 0.235. The van der Waals surface area contributed by atoms with Crippen LogP contribution in [-0.4, -0.2) is 23.5 Å².